The third kappa shape index (κ3) is 16.1. The lowest BCUT2D eigenvalue weighted by Crippen LogP contribution is -2.28. The molecule has 1 fully saturated rings. The topological polar surface area (TPSA) is 29.5 Å². The Balaban J connectivity index is 1.77. The Morgan fingerprint density at radius 3 is 1.75 bits per heavy atom. The summed E-state index contributed by atoms with van der Waals surface area (Å²) in [6.45, 7) is 2.47. The van der Waals surface area contributed by atoms with Crippen LogP contribution in [0.15, 0.2) is 0 Å². The molecule has 1 aliphatic carbocycles. The summed E-state index contributed by atoms with van der Waals surface area (Å²) >= 11 is 1.97. The fraction of sp³-hybridized carbons (Fsp3) is 1.00. The Bertz CT molecular complexity index is 305. The zero-order valence-electron chi connectivity index (χ0n) is 19.0. The van der Waals surface area contributed by atoms with E-state index < -0.39 is 0 Å². The maximum Gasteiger partial charge on any atom is 0.0899 e. The van der Waals surface area contributed by atoms with Crippen LogP contribution in [0.1, 0.15) is 129 Å². The predicted molar refractivity (Wildman–Crippen MR) is 126 cm³/mol. The largest absolute Gasteiger partial charge is 0.394 e. The molecule has 0 aromatic heterocycles. The van der Waals surface area contributed by atoms with Crippen LogP contribution in [-0.4, -0.2) is 35.4 Å². The Morgan fingerprint density at radius 2 is 1.25 bits per heavy atom. The van der Waals surface area contributed by atoms with E-state index in [1.165, 1.54) is 128 Å². The molecule has 1 saturated carbocycles. The van der Waals surface area contributed by atoms with Crippen molar-refractivity contribution in [1.82, 2.24) is 0 Å². The highest BCUT2D eigenvalue weighted by molar-refractivity contribution is 7.99. The molecule has 0 saturated heterocycles. The first-order chi connectivity index (χ1) is 13.9. The van der Waals surface area contributed by atoms with Crippen molar-refractivity contribution in [2.24, 2.45) is 0 Å². The minimum absolute atomic E-state index is 0.0553. The van der Waals surface area contributed by atoms with Gasteiger partial charge in [-0.15, -0.1) is 0 Å². The fourth-order valence-electron chi connectivity index (χ4n) is 4.22. The van der Waals surface area contributed by atoms with E-state index in [1.54, 1.807) is 0 Å². The molecule has 2 nitrogen and oxygen atoms in total. The third-order valence-corrected chi connectivity index (χ3v) is 7.27. The van der Waals surface area contributed by atoms with Gasteiger partial charge < -0.3 is 9.84 Å². The lowest BCUT2D eigenvalue weighted by Gasteiger charge is -2.26. The van der Waals surface area contributed by atoms with Crippen LogP contribution in [0.25, 0.3) is 0 Å². The Morgan fingerprint density at radius 1 is 0.750 bits per heavy atom. The van der Waals surface area contributed by atoms with Crippen LogP contribution in [0.2, 0.25) is 0 Å². The SMILES string of the molecule is CCCCCCCCCCCCCCCCSCC(CO)OC1CCCCC1. The van der Waals surface area contributed by atoms with Crippen molar-refractivity contribution in [3.05, 3.63) is 0 Å². The smallest absolute Gasteiger partial charge is 0.0899 e. The molecule has 0 bridgehead atoms. The van der Waals surface area contributed by atoms with Gasteiger partial charge in [-0.1, -0.05) is 110 Å². The molecule has 0 spiro atoms. The van der Waals surface area contributed by atoms with Gasteiger partial charge in [-0.2, -0.15) is 11.8 Å². The number of aliphatic hydroxyl groups excluding tert-OH is 1. The zero-order valence-corrected chi connectivity index (χ0v) is 19.8. The highest BCUT2D eigenvalue weighted by Crippen LogP contribution is 2.22. The summed E-state index contributed by atoms with van der Waals surface area (Å²) in [4.78, 5) is 0. The monoisotopic (exact) mass is 414 g/mol. The van der Waals surface area contributed by atoms with Crippen molar-refractivity contribution in [2.75, 3.05) is 18.1 Å². The van der Waals surface area contributed by atoms with E-state index in [1.807, 2.05) is 11.8 Å². The molecule has 1 unspecified atom stereocenters. The molecule has 1 atom stereocenters. The molecule has 0 radical (unpaired) electrons. The van der Waals surface area contributed by atoms with Gasteiger partial charge >= 0.3 is 0 Å². The molecular formula is C25H50O2S. The van der Waals surface area contributed by atoms with Crippen LogP contribution in [0.3, 0.4) is 0 Å². The number of hydrogen-bond acceptors (Lipinski definition) is 3. The molecule has 1 N–H and O–H groups in total. The molecule has 1 rings (SSSR count). The quantitative estimate of drug-likeness (QED) is 0.205. The van der Waals surface area contributed by atoms with Gasteiger partial charge in [0.05, 0.1) is 18.8 Å². The summed E-state index contributed by atoms with van der Waals surface area (Å²) in [7, 11) is 0. The van der Waals surface area contributed by atoms with Crippen molar-refractivity contribution >= 4 is 11.8 Å². The van der Waals surface area contributed by atoms with Gasteiger partial charge in [0.2, 0.25) is 0 Å². The Hall–Kier alpha value is 0.270. The van der Waals surface area contributed by atoms with Crippen molar-refractivity contribution in [3.8, 4) is 0 Å². The lowest BCUT2D eigenvalue weighted by molar-refractivity contribution is -0.0413. The second kappa shape index (κ2) is 20.5. The van der Waals surface area contributed by atoms with Gasteiger partial charge in [0, 0.05) is 5.75 Å². The molecular weight excluding hydrogens is 364 g/mol. The second-order valence-corrected chi connectivity index (χ2v) is 10.0. The highest BCUT2D eigenvalue weighted by atomic mass is 32.2. The first-order valence-electron chi connectivity index (χ1n) is 12.7. The van der Waals surface area contributed by atoms with Crippen LogP contribution >= 0.6 is 11.8 Å². The van der Waals surface area contributed by atoms with Gasteiger partial charge in [0.1, 0.15) is 0 Å². The number of thioether (sulfide) groups is 1. The summed E-state index contributed by atoms with van der Waals surface area (Å²) in [5.74, 6) is 2.19. The van der Waals surface area contributed by atoms with Crippen LogP contribution in [0.5, 0.6) is 0 Å². The van der Waals surface area contributed by atoms with Gasteiger partial charge in [-0.05, 0) is 25.0 Å². The van der Waals surface area contributed by atoms with E-state index >= 15 is 0 Å². The molecule has 28 heavy (non-hydrogen) atoms. The molecule has 1 aliphatic rings. The molecule has 0 amide bonds. The predicted octanol–water partition coefficient (Wildman–Crippen LogP) is 7.91. The number of hydrogen-bond donors (Lipinski definition) is 1. The van der Waals surface area contributed by atoms with Gasteiger partial charge in [0.25, 0.3) is 0 Å². The molecule has 168 valence electrons. The van der Waals surface area contributed by atoms with E-state index in [0.29, 0.717) is 6.10 Å². The number of aliphatic hydroxyl groups is 1. The van der Waals surface area contributed by atoms with E-state index in [2.05, 4.69) is 6.92 Å². The minimum atomic E-state index is 0.0553. The molecule has 0 aromatic carbocycles. The van der Waals surface area contributed by atoms with Crippen LogP contribution < -0.4 is 0 Å². The Labute approximate surface area is 181 Å². The molecule has 0 aliphatic heterocycles. The molecule has 0 aromatic rings. The summed E-state index contributed by atoms with van der Waals surface area (Å²) < 4.78 is 6.09. The molecule has 0 heterocycles. The average Bonchev–Trinajstić information content (AvgIpc) is 2.73. The van der Waals surface area contributed by atoms with Crippen LogP contribution in [-0.2, 0) is 4.74 Å². The zero-order chi connectivity index (χ0) is 20.1. The first-order valence-corrected chi connectivity index (χ1v) is 13.9. The van der Waals surface area contributed by atoms with E-state index in [4.69, 9.17) is 4.74 Å². The molecule has 3 heteroatoms. The van der Waals surface area contributed by atoms with Crippen molar-refractivity contribution < 1.29 is 9.84 Å². The van der Waals surface area contributed by atoms with E-state index in [9.17, 15) is 5.11 Å². The maximum atomic E-state index is 9.54. The summed E-state index contributed by atoms with van der Waals surface area (Å²) in [6.07, 6.45) is 26.7. The van der Waals surface area contributed by atoms with E-state index in [-0.39, 0.29) is 12.7 Å². The summed E-state index contributed by atoms with van der Waals surface area (Å²) in [5, 5.41) is 9.54. The van der Waals surface area contributed by atoms with Crippen molar-refractivity contribution in [1.29, 1.82) is 0 Å². The average molecular weight is 415 g/mol. The minimum Gasteiger partial charge on any atom is -0.394 e. The number of ether oxygens (including phenoxy) is 1. The van der Waals surface area contributed by atoms with Crippen LogP contribution in [0, 0.1) is 0 Å². The van der Waals surface area contributed by atoms with E-state index in [0.717, 1.165) is 5.75 Å². The van der Waals surface area contributed by atoms with Crippen molar-refractivity contribution in [3.63, 3.8) is 0 Å². The normalized spacial score (nSPS) is 16.5. The first kappa shape index (κ1) is 26.3. The third-order valence-electron chi connectivity index (χ3n) is 6.09. The summed E-state index contributed by atoms with van der Waals surface area (Å²) in [5.41, 5.74) is 0. The van der Waals surface area contributed by atoms with Crippen molar-refractivity contribution in [2.45, 2.75) is 141 Å². The number of rotatable bonds is 20. The van der Waals surface area contributed by atoms with Gasteiger partial charge in [-0.3, -0.25) is 0 Å². The fourth-order valence-corrected chi connectivity index (χ4v) is 5.24. The second-order valence-electron chi connectivity index (χ2n) is 8.87. The summed E-state index contributed by atoms with van der Waals surface area (Å²) in [6, 6.07) is 0. The van der Waals surface area contributed by atoms with Gasteiger partial charge in [-0.25, -0.2) is 0 Å². The number of unbranched alkanes of at least 4 members (excludes halogenated alkanes) is 13. The highest BCUT2D eigenvalue weighted by Gasteiger charge is 2.18. The van der Waals surface area contributed by atoms with Gasteiger partial charge in [0.15, 0.2) is 0 Å². The Kier molecular flexibility index (Phi) is 19.3. The standard InChI is InChI=1S/C25H50O2S/c1-2-3-4-5-6-7-8-9-10-11-12-13-14-18-21-28-23-25(22-26)27-24-19-16-15-17-20-24/h24-26H,2-23H2,1H3. The lowest BCUT2D eigenvalue weighted by atomic mass is 9.98. The van der Waals surface area contributed by atoms with Crippen LogP contribution in [0.4, 0.5) is 0 Å². The maximum absolute atomic E-state index is 9.54.